The summed E-state index contributed by atoms with van der Waals surface area (Å²) in [6.07, 6.45) is 0. The summed E-state index contributed by atoms with van der Waals surface area (Å²) in [6.45, 7) is 4.15. The number of anilines is 1. The second-order valence-electron chi connectivity index (χ2n) is 7.23. The van der Waals surface area contributed by atoms with Gasteiger partial charge in [0, 0.05) is 5.69 Å². The molecule has 3 aromatic carbocycles. The molecule has 0 atom stereocenters. The monoisotopic (exact) mass is 404 g/mol. The Labute approximate surface area is 173 Å². The number of carbonyl (C=O) groups excluding carboxylic acids is 1. The van der Waals surface area contributed by atoms with E-state index < -0.39 is 0 Å². The second kappa shape index (κ2) is 8.32. The van der Waals surface area contributed by atoms with E-state index in [0.717, 1.165) is 0 Å². The highest BCUT2D eigenvalue weighted by Gasteiger charge is 2.09. The maximum Gasteiger partial charge on any atom is 0.262 e. The van der Waals surface area contributed by atoms with Crippen molar-refractivity contribution in [2.45, 2.75) is 19.8 Å². The molecule has 0 bridgehead atoms. The van der Waals surface area contributed by atoms with Crippen LogP contribution in [0, 0.1) is 5.82 Å². The molecule has 1 heterocycles. The Morgan fingerprint density at radius 2 is 1.70 bits per heavy atom. The normalized spacial score (nSPS) is 11.1. The first-order valence-electron chi connectivity index (χ1n) is 9.63. The lowest BCUT2D eigenvalue weighted by molar-refractivity contribution is -0.118. The number of halogens is 1. The molecule has 4 aromatic rings. The summed E-state index contributed by atoms with van der Waals surface area (Å²) < 4.78 is 18.7. The molecule has 0 aliphatic heterocycles. The van der Waals surface area contributed by atoms with E-state index in [1.165, 1.54) is 22.5 Å². The van der Waals surface area contributed by atoms with Crippen molar-refractivity contribution in [3.05, 3.63) is 78.1 Å². The minimum absolute atomic E-state index is 0.0959. The van der Waals surface area contributed by atoms with E-state index in [9.17, 15) is 9.18 Å². The van der Waals surface area contributed by atoms with Crippen LogP contribution in [-0.2, 0) is 4.79 Å². The molecule has 6 nitrogen and oxygen atoms in total. The third-order valence-corrected chi connectivity index (χ3v) is 4.64. The molecule has 0 saturated carbocycles. The number of rotatable bonds is 6. The van der Waals surface area contributed by atoms with E-state index in [2.05, 4.69) is 29.4 Å². The fraction of sp³-hybridized carbons (Fsp3) is 0.174. The molecule has 0 unspecified atom stereocenters. The van der Waals surface area contributed by atoms with E-state index in [1.54, 1.807) is 30.3 Å². The van der Waals surface area contributed by atoms with E-state index in [4.69, 9.17) is 4.74 Å². The number of carbonyl (C=O) groups is 1. The average Bonchev–Trinajstić information content (AvgIpc) is 3.16. The largest absolute Gasteiger partial charge is 0.484 e. The van der Waals surface area contributed by atoms with Crippen LogP contribution in [0.3, 0.4) is 0 Å². The summed E-state index contributed by atoms with van der Waals surface area (Å²) in [7, 11) is 0. The van der Waals surface area contributed by atoms with Crippen LogP contribution in [0.2, 0.25) is 0 Å². The number of ether oxygens (including phenoxy) is 1. The van der Waals surface area contributed by atoms with Gasteiger partial charge in [-0.25, -0.2) is 4.39 Å². The highest BCUT2D eigenvalue weighted by atomic mass is 19.1. The van der Waals surface area contributed by atoms with Gasteiger partial charge in [0.25, 0.3) is 5.91 Å². The number of fused-ring (bicyclic) bond motifs is 1. The smallest absolute Gasteiger partial charge is 0.262 e. The van der Waals surface area contributed by atoms with Crippen molar-refractivity contribution < 1.29 is 13.9 Å². The van der Waals surface area contributed by atoms with Gasteiger partial charge in [0.2, 0.25) is 0 Å². The van der Waals surface area contributed by atoms with Crippen LogP contribution in [0.25, 0.3) is 16.7 Å². The molecule has 1 amide bonds. The van der Waals surface area contributed by atoms with Crippen LogP contribution in [0.4, 0.5) is 10.1 Å². The molecule has 0 aliphatic rings. The van der Waals surface area contributed by atoms with E-state index >= 15 is 0 Å². The molecule has 30 heavy (non-hydrogen) atoms. The van der Waals surface area contributed by atoms with Gasteiger partial charge in [-0.05, 0) is 66.1 Å². The van der Waals surface area contributed by atoms with Crippen LogP contribution in [0.15, 0.2) is 66.7 Å². The molecule has 0 fully saturated rings. The van der Waals surface area contributed by atoms with Gasteiger partial charge in [-0.3, -0.25) is 4.79 Å². The maximum atomic E-state index is 13.1. The van der Waals surface area contributed by atoms with Crippen molar-refractivity contribution in [2.24, 2.45) is 0 Å². The number of benzene rings is 3. The maximum absolute atomic E-state index is 13.1. The molecule has 0 aliphatic carbocycles. The molecule has 4 rings (SSSR count). The zero-order valence-electron chi connectivity index (χ0n) is 16.7. The van der Waals surface area contributed by atoms with Crippen molar-refractivity contribution in [2.75, 3.05) is 11.9 Å². The van der Waals surface area contributed by atoms with E-state index in [0.29, 0.717) is 34.1 Å². The third-order valence-electron chi connectivity index (χ3n) is 4.64. The van der Waals surface area contributed by atoms with Gasteiger partial charge in [0.05, 0.1) is 5.69 Å². The van der Waals surface area contributed by atoms with Crippen LogP contribution in [0.5, 0.6) is 5.75 Å². The van der Waals surface area contributed by atoms with Gasteiger partial charge in [-0.1, -0.05) is 26.0 Å². The zero-order chi connectivity index (χ0) is 21.1. The Morgan fingerprint density at radius 3 is 2.40 bits per heavy atom. The molecular formula is C23H21FN4O2. The number of hydrogen-bond donors (Lipinski definition) is 1. The summed E-state index contributed by atoms with van der Waals surface area (Å²) >= 11 is 0. The van der Waals surface area contributed by atoms with Crippen LogP contribution < -0.4 is 10.1 Å². The summed E-state index contributed by atoms with van der Waals surface area (Å²) in [5.74, 6) is 0.497. The quantitative estimate of drug-likeness (QED) is 0.506. The van der Waals surface area contributed by atoms with Gasteiger partial charge >= 0.3 is 0 Å². The van der Waals surface area contributed by atoms with E-state index in [-0.39, 0.29) is 18.3 Å². The Balaban J connectivity index is 1.40. The first kappa shape index (κ1) is 19.6. The Bertz CT molecular complexity index is 1170. The fourth-order valence-electron chi connectivity index (χ4n) is 2.98. The molecule has 152 valence electrons. The Hall–Kier alpha value is -3.74. The van der Waals surface area contributed by atoms with E-state index in [1.807, 2.05) is 24.3 Å². The first-order valence-corrected chi connectivity index (χ1v) is 9.63. The lowest BCUT2D eigenvalue weighted by Crippen LogP contribution is -2.20. The first-order chi connectivity index (χ1) is 14.5. The minimum atomic E-state index is -0.321. The average molecular weight is 404 g/mol. The van der Waals surface area contributed by atoms with Crippen LogP contribution in [0.1, 0.15) is 25.3 Å². The van der Waals surface area contributed by atoms with Crippen LogP contribution >= 0.6 is 0 Å². The van der Waals surface area contributed by atoms with Crippen molar-refractivity contribution in [1.29, 1.82) is 0 Å². The third kappa shape index (κ3) is 4.46. The highest BCUT2D eigenvalue weighted by molar-refractivity contribution is 5.93. The number of amides is 1. The zero-order valence-corrected chi connectivity index (χ0v) is 16.7. The van der Waals surface area contributed by atoms with Gasteiger partial charge in [0.15, 0.2) is 6.61 Å². The summed E-state index contributed by atoms with van der Waals surface area (Å²) in [4.78, 5) is 13.7. The second-order valence-corrected chi connectivity index (χ2v) is 7.23. The number of nitrogens with zero attached hydrogens (tertiary/aromatic N) is 3. The SMILES string of the molecule is CC(C)c1ccc(OCC(=O)Nc2ccc3nn(-c4ccc(F)cc4)nc3c2)cc1. The predicted molar refractivity (Wildman–Crippen MR) is 113 cm³/mol. The number of nitrogens with one attached hydrogen (secondary N) is 1. The molecule has 1 N–H and O–H groups in total. The molecule has 0 spiro atoms. The van der Waals surface area contributed by atoms with Crippen molar-refractivity contribution >= 4 is 22.6 Å². The Morgan fingerprint density at radius 1 is 1.00 bits per heavy atom. The van der Waals surface area contributed by atoms with Gasteiger partial charge in [-0.2, -0.15) is 4.80 Å². The molecule has 7 heteroatoms. The Kier molecular flexibility index (Phi) is 5.43. The standard InChI is InChI=1S/C23H21FN4O2/c1-15(2)16-3-10-20(11-4-16)30-14-23(29)25-18-7-12-21-22(13-18)27-28(26-21)19-8-5-17(24)6-9-19/h3-13,15H,14H2,1-2H3,(H,25,29). The summed E-state index contributed by atoms with van der Waals surface area (Å²) in [6, 6.07) is 18.9. The summed E-state index contributed by atoms with van der Waals surface area (Å²) in [5, 5.41) is 11.6. The predicted octanol–water partition coefficient (Wildman–Crippen LogP) is 4.70. The van der Waals surface area contributed by atoms with Gasteiger partial charge in [0.1, 0.15) is 22.6 Å². The van der Waals surface area contributed by atoms with Crippen LogP contribution in [-0.4, -0.2) is 27.5 Å². The molecule has 1 aromatic heterocycles. The lowest BCUT2D eigenvalue weighted by atomic mass is 10.0. The molecule has 0 saturated heterocycles. The summed E-state index contributed by atoms with van der Waals surface area (Å²) in [5.41, 5.74) is 3.74. The molecule has 0 radical (unpaired) electrons. The number of hydrogen-bond acceptors (Lipinski definition) is 4. The highest BCUT2D eigenvalue weighted by Crippen LogP contribution is 2.20. The fourth-order valence-corrected chi connectivity index (χ4v) is 2.98. The van der Waals surface area contributed by atoms with Crippen molar-refractivity contribution in [3.63, 3.8) is 0 Å². The van der Waals surface area contributed by atoms with Gasteiger partial charge in [-0.15, -0.1) is 10.2 Å². The molecular weight excluding hydrogens is 383 g/mol. The van der Waals surface area contributed by atoms with Gasteiger partial charge < -0.3 is 10.1 Å². The topological polar surface area (TPSA) is 69.0 Å². The lowest BCUT2D eigenvalue weighted by Gasteiger charge is -2.09. The minimum Gasteiger partial charge on any atom is -0.484 e. The van der Waals surface area contributed by atoms with Crippen molar-refractivity contribution in [3.8, 4) is 11.4 Å². The number of aromatic nitrogens is 3. The van der Waals surface area contributed by atoms with Crippen molar-refractivity contribution in [1.82, 2.24) is 15.0 Å².